The van der Waals surface area contributed by atoms with Gasteiger partial charge in [-0.25, -0.2) is 4.98 Å². The fourth-order valence-corrected chi connectivity index (χ4v) is 2.66. The number of hydrogen-bond donors (Lipinski definition) is 4. The first-order valence-electron chi connectivity index (χ1n) is 8.08. The molecule has 1 heterocycles. The zero-order valence-electron chi connectivity index (χ0n) is 14.8. The SMILES string of the molecule is CCC(=O)Nc1nc(SCC(=O)NC)[nH]c(=O)c1NC(=O)c1ccccc1. The highest BCUT2D eigenvalue weighted by molar-refractivity contribution is 7.99. The number of nitrogens with one attached hydrogen (secondary N) is 4. The summed E-state index contributed by atoms with van der Waals surface area (Å²) in [5.74, 6) is -1.17. The molecule has 0 bridgehead atoms. The third-order valence-electron chi connectivity index (χ3n) is 3.37. The molecule has 0 radical (unpaired) electrons. The second-order valence-electron chi connectivity index (χ2n) is 5.28. The first kappa shape index (κ1) is 20.2. The van der Waals surface area contributed by atoms with Crippen LogP contribution in [-0.2, 0) is 9.59 Å². The quantitative estimate of drug-likeness (QED) is 0.415. The summed E-state index contributed by atoms with van der Waals surface area (Å²) in [6.07, 6.45) is 0.168. The molecule has 0 aliphatic rings. The molecule has 0 aliphatic heterocycles. The Kier molecular flexibility index (Phi) is 7.12. The molecule has 1 aromatic carbocycles. The minimum absolute atomic E-state index is 0.0380. The molecule has 9 nitrogen and oxygen atoms in total. The van der Waals surface area contributed by atoms with Crippen molar-refractivity contribution in [2.45, 2.75) is 18.5 Å². The summed E-state index contributed by atoms with van der Waals surface area (Å²) in [7, 11) is 1.49. The highest BCUT2D eigenvalue weighted by Crippen LogP contribution is 2.20. The highest BCUT2D eigenvalue weighted by Gasteiger charge is 2.17. The van der Waals surface area contributed by atoms with Crippen molar-refractivity contribution in [3.63, 3.8) is 0 Å². The molecule has 0 atom stereocenters. The van der Waals surface area contributed by atoms with E-state index in [-0.39, 0.29) is 40.6 Å². The molecule has 0 spiro atoms. The van der Waals surface area contributed by atoms with E-state index in [1.54, 1.807) is 37.3 Å². The monoisotopic (exact) mass is 389 g/mol. The van der Waals surface area contributed by atoms with E-state index in [2.05, 4.69) is 25.9 Å². The van der Waals surface area contributed by atoms with Gasteiger partial charge in [0.05, 0.1) is 5.75 Å². The molecule has 4 N–H and O–H groups in total. The van der Waals surface area contributed by atoms with Gasteiger partial charge < -0.3 is 16.0 Å². The van der Waals surface area contributed by atoms with E-state index in [4.69, 9.17) is 0 Å². The maximum Gasteiger partial charge on any atom is 0.277 e. The van der Waals surface area contributed by atoms with Crippen LogP contribution in [0.5, 0.6) is 0 Å². The Bertz CT molecular complexity index is 898. The summed E-state index contributed by atoms with van der Waals surface area (Å²) in [4.78, 5) is 54.6. The number of rotatable bonds is 7. The van der Waals surface area contributed by atoms with Crippen LogP contribution in [0.25, 0.3) is 0 Å². The molecule has 0 fully saturated rings. The molecular formula is C17H19N5O4S. The third kappa shape index (κ3) is 5.68. The van der Waals surface area contributed by atoms with Gasteiger partial charge in [0.25, 0.3) is 11.5 Å². The van der Waals surface area contributed by atoms with Crippen LogP contribution >= 0.6 is 11.8 Å². The number of anilines is 2. The number of H-pyrrole nitrogens is 1. The van der Waals surface area contributed by atoms with Gasteiger partial charge in [0.2, 0.25) is 11.8 Å². The Morgan fingerprint density at radius 2 is 1.81 bits per heavy atom. The van der Waals surface area contributed by atoms with Gasteiger partial charge in [-0.3, -0.25) is 24.2 Å². The predicted octanol–water partition coefficient (Wildman–Crippen LogP) is 1.21. The average Bonchev–Trinajstić information content (AvgIpc) is 2.68. The summed E-state index contributed by atoms with van der Waals surface area (Å²) in [6.45, 7) is 1.64. The van der Waals surface area contributed by atoms with Crippen LogP contribution in [0.3, 0.4) is 0 Å². The van der Waals surface area contributed by atoms with Gasteiger partial charge in [-0.05, 0) is 12.1 Å². The first-order chi connectivity index (χ1) is 12.9. The van der Waals surface area contributed by atoms with E-state index >= 15 is 0 Å². The Hall–Kier alpha value is -3.14. The van der Waals surface area contributed by atoms with Crippen LogP contribution in [0.1, 0.15) is 23.7 Å². The van der Waals surface area contributed by atoms with Crippen molar-refractivity contribution in [3.8, 4) is 0 Å². The Balaban J connectivity index is 2.33. The lowest BCUT2D eigenvalue weighted by molar-refractivity contribution is -0.118. The number of thioether (sulfide) groups is 1. The Morgan fingerprint density at radius 1 is 1.11 bits per heavy atom. The Morgan fingerprint density at radius 3 is 2.44 bits per heavy atom. The van der Waals surface area contributed by atoms with Crippen LogP contribution in [0.2, 0.25) is 0 Å². The second kappa shape index (κ2) is 9.53. The smallest absolute Gasteiger partial charge is 0.277 e. The predicted molar refractivity (Wildman–Crippen MR) is 103 cm³/mol. The number of hydrogen-bond acceptors (Lipinski definition) is 6. The molecule has 0 saturated carbocycles. The van der Waals surface area contributed by atoms with Crippen molar-refractivity contribution in [2.75, 3.05) is 23.4 Å². The number of aromatic amines is 1. The van der Waals surface area contributed by atoms with Crippen molar-refractivity contribution in [1.82, 2.24) is 15.3 Å². The van der Waals surface area contributed by atoms with Gasteiger partial charge in [-0.1, -0.05) is 36.9 Å². The van der Waals surface area contributed by atoms with Gasteiger partial charge in [-0.15, -0.1) is 0 Å². The molecule has 2 rings (SSSR count). The molecule has 3 amide bonds. The maximum atomic E-state index is 12.4. The van der Waals surface area contributed by atoms with E-state index in [1.165, 1.54) is 7.05 Å². The minimum atomic E-state index is -0.639. The minimum Gasteiger partial charge on any atom is -0.358 e. The van der Waals surface area contributed by atoms with Crippen LogP contribution in [0, 0.1) is 0 Å². The van der Waals surface area contributed by atoms with Crippen molar-refractivity contribution in [1.29, 1.82) is 0 Å². The molecule has 1 aromatic heterocycles. The number of nitrogens with zero attached hydrogens (tertiary/aromatic N) is 1. The average molecular weight is 389 g/mol. The number of benzene rings is 1. The zero-order chi connectivity index (χ0) is 19.8. The van der Waals surface area contributed by atoms with E-state index in [0.29, 0.717) is 5.56 Å². The van der Waals surface area contributed by atoms with Gasteiger partial charge >= 0.3 is 0 Å². The van der Waals surface area contributed by atoms with Crippen LogP contribution in [0.4, 0.5) is 11.5 Å². The topological polar surface area (TPSA) is 133 Å². The van der Waals surface area contributed by atoms with Crippen LogP contribution < -0.4 is 21.5 Å². The van der Waals surface area contributed by atoms with E-state index < -0.39 is 11.5 Å². The summed E-state index contributed by atoms with van der Waals surface area (Å²) < 4.78 is 0. The van der Waals surface area contributed by atoms with E-state index in [1.807, 2.05) is 0 Å². The molecular weight excluding hydrogens is 370 g/mol. The fourth-order valence-electron chi connectivity index (χ4n) is 1.93. The van der Waals surface area contributed by atoms with Gasteiger partial charge in [0, 0.05) is 19.0 Å². The number of aromatic nitrogens is 2. The van der Waals surface area contributed by atoms with Crippen molar-refractivity contribution < 1.29 is 14.4 Å². The third-order valence-corrected chi connectivity index (χ3v) is 4.24. The lowest BCUT2D eigenvalue weighted by Gasteiger charge is -2.12. The maximum absolute atomic E-state index is 12.4. The van der Waals surface area contributed by atoms with Crippen molar-refractivity contribution >= 4 is 41.0 Å². The summed E-state index contributed by atoms with van der Waals surface area (Å²) in [5, 5.41) is 7.58. The number of carbonyl (C=O) groups is 3. The van der Waals surface area contributed by atoms with Crippen molar-refractivity contribution in [2.24, 2.45) is 0 Å². The zero-order valence-corrected chi connectivity index (χ0v) is 15.6. The van der Waals surface area contributed by atoms with Gasteiger partial charge in [-0.2, -0.15) is 0 Å². The molecule has 10 heteroatoms. The lowest BCUT2D eigenvalue weighted by Crippen LogP contribution is -2.25. The van der Waals surface area contributed by atoms with Gasteiger partial charge in [0.15, 0.2) is 16.7 Å². The molecule has 0 saturated heterocycles. The molecule has 142 valence electrons. The second-order valence-corrected chi connectivity index (χ2v) is 6.24. The lowest BCUT2D eigenvalue weighted by atomic mass is 10.2. The van der Waals surface area contributed by atoms with Crippen molar-refractivity contribution in [3.05, 3.63) is 46.2 Å². The first-order valence-corrected chi connectivity index (χ1v) is 9.07. The highest BCUT2D eigenvalue weighted by atomic mass is 32.2. The summed E-state index contributed by atoms with van der Waals surface area (Å²) >= 11 is 0.997. The number of carbonyl (C=O) groups excluding carboxylic acids is 3. The largest absolute Gasteiger partial charge is 0.358 e. The van der Waals surface area contributed by atoms with E-state index in [0.717, 1.165) is 11.8 Å². The molecule has 0 aliphatic carbocycles. The molecule has 2 aromatic rings. The van der Waals surface area contributed by atoms with Crippen LogP contribution in [0.15, 0.2) is 40.3 Å². The fraction of sp³-hybridized carbons (Fsp3) is 0.235. The van der Waals surface area contributed by atoms with Crippen LogP contribution in [-0.4, -0.2) is 40.5 Å². The van der Waals surface area contributed by atoms with Gasteiger partial charge in [0.1, 0.15) is 0 Å². The Labute approximate surface area is 159 Å². The van der Waals surface area contributed by atoms with E-state index in [9.17, 15) is 19.2 Å². The molecule has 27 heavy (non-hydrogen) atoms. The number of amides is 3. The molecule has 0 unspecified atom stereocenters. The standard InChI is InChI=1S/C17H19N5O4S/c1-3-11(23)19-14-13(20-15(25)10-7-5-4-6-8-10)16(26)22-17(21-14)27-9-12(24)18-2/h4-8H,3,9H2,1-2H3,(H,18,24)(H,20,25)(H2,19,21,22,23,26). The summed E-state index contributed by atoms with van der Waals surface area (Å²) in [5.41, 5.74) is -0.460. The normalized spacial score (nSPS) is 10.1. The summed E-state index contributed by atoms with van der Waals surface area (Å²) in [6, 6.07) is 8.32.